The number of sulfonamides is 1. The first-order valence-corrected chi connectivity index (χ1v) is 10.0. The molecule has 136 valence electrons. The van der Waals surface area contributed by atoms with Crippen LogP contribution in [0.5, 0.6) is 0 Å². The van der Waals surface area contributed by atoms with Crippen molar-refractivity contribution in [3.05, 3.63) is 35.9 Å². The number of guanidine groups is 1. The molecule has 0 aliphatic rings. The van der Waals surface area contributed by atoms with Gasteiger partial charge in [0.15, 0.2) is 5.96 Å². The maximum absolute atomic E-state index is 11.6. The Labute approximate surface area is 146 Å². The highest BCUT2D eigenvalue weighted by Gasteiger charge is 2.13. The van der Waals surface area contributed by atoms with Gasteiger partial charge in [0.05, 0.1) is 5.75 Å². The minimum atomic E-state index is -3.09. The van der Waals surface area contributed by atoms with Crippen molar-refractivity contribution in [3.63, 3.8) is 0 Å². The molecule has 1 rings (SSSR count). The molecular weight excluding hydrogens is 324 g/mol. The zero-order valence-electron chi connectivity index (χ0n) is 15.0. The van der Waals surface area contributed by atoms with Crippen molar-refractivity contribution >= 4 is 16.0 Å². The smallest absolute Gasteiger partial charge is 0.213 e. The van der Waals surface area contributed by atoms with Gasteiger partial charge in [-0.2, -0.15) is 0 Å². The summed E-state index contributed by atoms with van der Waals surface area (Å²) in [6.45, 7) is 3.69. The minimum Gasteiger partial charge on any atom is -0.356 e. The van der Waals surface area contributed by atoms with Crippen molar-refractivity contribution in [2.75, 3.05) is 39.5 Å². The molecule has 0 heterocycles. The Hall–Kier alpha value is -1.60. The highest BCUT2D eigenvalue weighted by Crippen LogP contribution is 2.01. The second kappa shape index (κ2) is 11.0. The summed E-state index contributed by atoms with van der Waals surface area (Å²) < 4.78 is 24.7. The van der Waals surface area contributed by atoms with Crippen LogP contribution in [0.15, 0.2) is 35.3 Å². The molecular formula is C17H30N4O2S. The first-order chi connectivity index (χ1) is 11.5. The lowest BCUT2D eigenvalue weighted by molar-refractivity contribution is 0.461. The number of hydrogen-bond acceptors (Lipinski definition) is 3. The quantitative estimate of drug-likeness (QED) is 0.379. The molecule has 0 atom stereocenters. The largest absolute Gasteiger partial charge is 0.356 e. The highest BCUT2D eigenvalue weighted by molar-refractivity contribution is 7.89. The van der Waals surface area contributed by atoms with Crippen LogP contribution in [0.4, 0.5) is 0 Å². The van der Waals surface area contributed by atoms with E-state index < -0.39 is 10.0 Å². The summed E-state index contributed by atoms with van der Waals surface area (Å²) >= 11 is 0. The summed E-state index contributed by atoms with van der Waals surface area (Å²) in [6, 6.07) is 10.4. The topological polar surface area (TPSA) is 73.8 Å². The van der Waals surface area contributed by atoms with Gasteiger partial charge in [0.2, 0.25) is 10.0 Å². The average Bonchev–Trinajstić information content (AvgIpc) is 2.60. The van der Waals surface area contributed by atoms with Crippen LogP contribution < -0.4 is 10.6 Å². The molecule has 1 aromatic rings. The summed E-state index contributed by atoms with van der Waals surface area (Å²) in [7, 11) is 0.268. The molecule has 0 saturated carbocycles. The molecule has 0 spiro atoms. The minimum absolute atomic E-state index is 0.140. The van der Waals surface area contributed by atoms with Gasteiger partial charge in [-0.15, -0.1) is 0 Å². The molecule has 0 unspecified atom stereocenters. The van der Waals surface area contributed by atoms with Gasteiger partial charge < -0.3 is 10.6 Å². The molecule has 6 nitrogen and oxygen atoms in total. The van der Waals surface area contributed by atoms with Crippen molar-refractivity contribution in [3.8, 4) is 0 Å². The zero-order chi connectivity index (χ0) is 17.8. The summed E-state index contributed by atoms with van der Waals surface area (Å²) in [5, 5.41) is 6.49. The van der Waals surface area contributed by atoms with E-state index in [1.54, 1.807) is 21.0 Å². The van der Waals surface area contributed by atoms with Gasteiger partial charge in [-0.3, -0.25) is 4.99 Å². The number of hydrogen-bond donors (Lipinski definition) is 2. The van der Waals surface area contributed by atoms with Gasteiger partial charge in [-0.1, -0.05) is 30.3 Å². The maximum atomic E-state index is 11.6. The Kier molecular flexibility index (Phi) is 9.41. The van der Waals surface area contributed by atoms with Crippen molar-refractivity contribution < 1.29 is 8.42 Å². The van der Waals surface area contributed by atoms with Crippen LogP contribution in [0, 0.1) is 0 Å². The van der Waals surface area contributed by atoms with Crippen molar-refractivity contribution in [1.82, 2.24) is 14.9 Å². The Balaban J connectivity index is 2.17. The molecule has 0 bridgehead atoms. The SMILES string of the molecule is CCS(=O)(=O)N(C)CCCNC(=NC)NCCCc1ccccc1. The van der Waals surface area contributed by atoms with Gasteiger partial charge in [0.1, 0.15) is 0 Å². The third kappa shape index (κ3) is 7.79. The van der Waals surface area contributed by atoms with Crippen LogP contribution in [0.3, 0.4) is 0 Å². The highest BCUT2D eigenvalue weighted by atomic mass is 32.2. The molecule has 2 N–H and O–H groups in total. The lowest BCUT2D eigenvalue weighted by Crippen LogP contribution is -2.39. The molecule has 0 radical (unpaired) electrons. The van der Waals surface area contributed by atoms with E-state index in [-0.39, 0.29) is 5.75 Å². The fourth-order valence-electron chi connectivity index (χ4n) is 2.23. The fraction of sp³-hybridized carbons (Fsp3) is 0.588. The number of aryl methyl sites for hydroxylation is 1. The standard InChI is InChI=1S/C17H30N4O2S/c1-4-24(22,23)21(3)15-9-14-20-17(18-2)19-13-8-12-16-10-6-5-7-11-16/h5-7,10-11H,4,8-9,12-15H2,1-3H3,(H2,18,19,20). The van der Waals surface area contributed by atoms with E-state index in [9.17, 15) is 8.42 Å². The van der Waals surface area contributed by atoms with E-state index in [1.807, 2.05) is 6.07 Å². The molecule has 0 fully saturated rings. The first kappa shape index (κ1) is 20.4. The van der Waals surface area contributed by atoms with E-state index >= 15 is 0 Å². The monoisotopic (exact) mass is 354 g/mol. The first-order valence-electron chi connectivity index (χ1n) is 8.42. The van der Waals surface area contributed by atoms with E-state index in [0.717, 1.165) is 31.8 Å². The number of aliphatic imine (C=N–C) groups is 1. The summed E-state index contributed by atoms with van der Waals surface area (Å²) in [5.74, 6) is 0.894. The molecule has 0 saturated heterocycles. The van der Waals surface area contributed by atoms with Gasteiger partial charge in [0.25, 0.3) is 0 Å². The second-order valence-corrected chi connectivity index (χ2v) is 7.96. The van der Waals surface area contributed by atoms with Gasteiger partial charge in [-0.25, -0.2) is 12.7 Å². The lowest BCUT2D eigenvalue weighted by Gasteiger charge is -2.16. The van der Waals surface area contributed by atoms with Crippen LogP contribution in [-0.2, 0) is 16.4 Å². The predicted octanol–water partition coefficient (Wildman–Crippen LogP) is 1.46. The van der Waals surface area contributed by atoms with Crippen LogP contribution in [0.1, 0.15) is 25.3 Å². The van der Waals surface area contributed by atoms with Crippen LogP contribution in [-0.4, -0.2) is 58.2 Å². The molecule has 0 aromatic heterocycles. The van der Waals surface area contributed by atoms with Crippen molar-refractivity contribution in [2.45, 2.75) is 26.2 Å². The molecule has 0 aliphatic carbocycles. The van der Waals surface area contributed by atoms with Gasteiger partial charge in [-0.05, 0) is 31.7 Å². The predicted molar refractivity (Wildman–Crippen MR) is 101 cm³/mol. The van der Waals surface area contributed by atoms with E-state index in [4.69, 9.17) is 0 Å². The van der Waals surface area contributed by atoms with E-state index in [1.165, 1.54) is 9.87 Å². The lowest BCUT2D eigenvalue weighted by atomic mass is 10.1. The van der Waals surface area contributed by atoms with Gasteiger partial charge in [0, 0.05) is 33.7 Å². The molecule has 24 heavy (non-hydrogen) atoms. The fourth-order valence-corrected chi connectivity index (χ4v) is 3.08. The zero-order valence-corrected chi connectivity index (χ0v) is 15.8. The van der Waals surface area contributed by atoms with E-state index in [0.29, 0.717) is 13.1 Å². The van der Waals surface area contributed by atoms with Crippen LogP contribution >= 0.6 is 0 Å². The summed E-state index contributed by atoms with van der Waals surface area (Å²) in [6.07, 6.45) is 2.80. The third-order valence-electron chi connectivity index (χ3n) is 3.78. The summed E-state index contributed by atoms with van der Waals surface area (Å²) in [5.41, 5.74) is 1.34. The van der Waals surface area contributed by atoms with Crippen molar-refractivity contribution in [2.24, 2.45) is 4.99 Å². The van der Waals surface area contributed by atoms with E-state index in [2.05, 4.69) is 39.9 Å². The summed E-state index contributed by atoms with van der Waals surface area (Å²) in [4.78, 5) is 4.18. The average molecular weight is 355 g/mol. The number of benzene rings is 1. The second-order valence-electron chi connectivity index (χ2n) is 5.59. The Morgan fingerprint density at radius 1 is 1.12 bits per heavy atom. The van der Waals surface area contributed by atoms with Gasteiger partial charge >= 0.3 is 0 Å². The Morgan fingerprint density at radius 2 is 1.75 bits per heavy atom. The Bertz CT molecular complexity index is 588. The van der Waals surface area contributed by atoms with Crippen molar-refractivity contribution in [1.29, 1.82) is 0 Å². The molecule has 7 heteroatoms. The number of nitrogens with zero attached hydrogens (tertiary/aromatic N) is 2. The van der Waals surface area contributed by atoms with Crippen LogP contribution in [0.25, 0.3) is 0 Å². The third-order valence-corrected chi connectivity index (χ3v) is 5.64. The molecule has 0 aliphatic heterocycles. The molecule has 0 amide bonds. The maximum Gasteiger partial charge on any atom is 0.213 e. The van der Waals surface area contributed by atoms with Crippen LogP contribution in [0.2, 0.25) is 0 Å². The Morgan fingerprint density at radius 3 is 2.33 bits per heavy atom. The number of rotatable bonds is 10. The normalized spacial score (nSPS) is 12.4. The number of nitrogens with one attached hydrogen (secondary N) is 2. The molecule has 1 aromatic carbocycles.